The van der Waals surface area contributed by atoms with Crippen LogP contribution in [0.2, 0.25) is 0 Å². The normalized spacial score (nSPS) is 13.3. The number of hydrogen-bond donors (Lipinski definition) is 0. The molecule has 0 aromatic carbocycles. The predicted molar refractivity (Wildman–Crippen MR) is 41.2 cm³/mol. The van der Waals surface area contributed by atoms with E-state index in [0.717, 1.165) is 0 Å². The summed E-state index contributed by atoms with van der Waals surface area (Å²) in [5.74, 6) is 0. The van der Waals surface area contributed by atoms with Gasteiger partial charge in [0.1, 0.15) is 0 Å². The molecule has 0 N–H and O–H groups in total. The Balaban J connectivity index is 3.82. The van der Waals surface area contributed by atoms with E-state index in [1.165, 1.54) is 0 Å². The molecule has 0 aromatic rings. The first-order valence-corrected chi connectivity index (χ1v) is 8.65. The van der Waals surface area contributed by atoms with Gasteiger partial charge in [0.15, 0.2) is 0 Å². The molecule has 0 saturated heterocycles. The molecule has 0 rings (SSSR count). The van der Waals surface area contributed by atoms with Gasteiger partial charge in [-0.15, -0.1) is 0 Å². The Labute approximate surface area is 62.9 Å². The standard InChI is InChI=1S/C3H11ClO3Si2/c1-5-9(6-2,7-3)8-4/h8H2,1-3H3. The van der Waals surface area contributed by atoms with Crippen LogP contribution in [0.4, 0.5) is 0 Å². The van der Waals surface area contributed by atoms with E-state index >= 15 is 0 Å². The molecule has 0 aromatic heterocycles. The van der Waals surface area contributed by atoms with Crippen molar-refractivity contribution in [1.29, 1.82) is 0 Å². The Morgan fingerprint density at radius 2 is 1.44 bits per heavy atom. The van der Waals surface area contributed by atoms with Crippen LogP contribution in [0.3, 0.4) is 0 Å². The minimum atomic E-state index is -2.29. The fourth-order valence-corrected chi connectivity index (χ4v) is 5.17. The van der Waals surface area contributed by atoms with E-state index < -0.39 is 16.7 Å². The summed E-state index contributed by atoms with van der Waals surface area (Å²) < 4.78 is 15.0. The van der Waals surface area contributed by atoms with Crippen molar-refractivity contribution in [3.05, 3.63) is 0 Å². The molecule has 0 amide bonds. The third kappa shape index (κ3) is 2.36. The van der Waals surface area contributed by atoms with E-state index in [2.05, 4.69) is 0 Å². The van der Waals surface area contributed by atoms with Gasteiger partial charge in [0, 0.05) is 21.3 Å². The van der Waals surface area contributed by atoms with Crippen molar-refractivity contribution in [3.8, 4) is 0 Å². The second-order valence-electron chi connectivity index (χ2n) is 1.43. The first-order valence-electron chi connectivity index (χ1n) is 2.46. The molecule has 0 aliphatic rings. The van der Waals surface area contributed by atoms with Crippen molar-refractivity contribution >= 4 is 27.7 Å². The lowest BCUT2D eigenvalue weighted by molar-refractivity contribution is 0.149. The van der Waals surface area contributed by atoms with Gasteiger partial charge >= 0.3 is 8.32 Å². The lowest BCUT2D eigenvalue weighted by Crippen LogP contribution is -2.47. The van der Waals surface area contributed by atoms with E-state index in [-0.39, 0.29) is 0 Å². The molecule has 0 radical (unpaired) electrons. The summed E-state index contributed by atoms with van der Waals surface area (Å²) in [6, 6.07) is 0. The second-order valence-corrected chi connectivity index (χ2v) is 10.1. The molecule has 0 aliphatic heterocycles. The molecule has 0 unspecified atom stereocenters. The average Bonchev–Trinajstić information content (AvgIpc) is 1.95. The van der Waals surface area contributed by atoms with Crippen LogP contribution in [0.15, 0.2) is 0 Å². The molecule has 0 fully saturated rings. The first-order chi connectivity index (χ1) is 4.24. The van der Waals surface area contributed by atoms with E-state index in [1.54, 1.807) is 21.3 Å². The van der Waals surface area contributed by atoms with Crippen molar-refractivity contribution in [3.63, 3.8) is 0 Å². The zero-order valence-electron chi connectivity index (χ0n) is 5.81. The molecule has 0 bridgehead atoms. The van der Waals surface area contributed by atoms with Crippen molar-refractivity contribution in [2.75, 3.05) is 21.3 Å². The molecule has 0 atom stereocenters. The molecular weight excluding hydrogens is 176 g/mol. The maximum Gasteiger partial charge on any atom is 0.480 e. The van der Waals surface area contributed by atoms with Crippen LogP contribution in [0.1, 0.15) is 0 Å². The molecule has 0 aliphatic carbocycles. The van der Waals surface area contributed by atoms with Gasteiger partial charge in [-0.2, -0.15) is 11.1 Å². The summed E-state index contributed by atoms with van der Waals surface area (Å²) in [4.78, 5) is 0. The Bertz CT molecular complexity index is 59.9. The van der Waals surface area contributed by atoms with Gasteiger partial charge in [0.05, 0.1) is 0 Å². The Morgan fingerprint density at radius 3 is 1.44 bits per heavy atom. The van der Waals surface area contributed by atoms with E-state index in [9.17, 15) is 0 Å². The van der Waals surface area contributed by atoms with Gasteiger partial charge in [-0.25, -0.2) is 0 Å². The fourth-order valence-electron chi connectivity index (χ4n) is 0.414. The molecule has 3 nitrogen and oxygen atoms in total. The minimum Gasteiger partial charge on any atom is -0.379 e. The smallest absolute Gasteiger partial charge is 0.379 e. The van der Waals surface area contributed by atoms with Crippen molar-refractivity contribution in [2.45, 2.75) is 0 Å². The fraction of sp³-hybridized carbons (Fsp3) is 1.00. The van der Waals surface area contributed by atoms with Crippen LogP contribution in [-0.4, -0.2) is 38.0 Å². The second kappa shape index (κ2) is 4.42. The highest BCUT2D eigenvalue weighted by molar-refractivity contribution is 7.34. The third-order valence-electron chi connectivity index (χ3n) is 1.10. The van der Waals surface area contributed by atoms with Gasteiger partial charge in [0.2, 0.25) is 8.35 Å². The minimum absolute atomic E-state index is 0.834. The molecule has 6 heteroatoms. The average molecular weight is 187 g/mol. The van der Waals surface area contributed by atoms with Crippen LogP contribution in [-0.2, 0) is 13.3 Å². The Kier molecular flexibility index (Phi) is 4.72. The lowest BCUT2D eigenvalue weighted by atomic mass is 11.8. The van der Waals surface area contributed by atoms with Crippen molar-refractivity contribution in [1.82, 2.24) is 0 Å². The molecular formula is C3H11ClO3Si2. The summed E-state index contributed by atoms with van der Waals surface area (Å²) in [7, 11) is 1.57. The molecule has 9 heavy (non-hydrogen) atoms. The summed E-state index contributed by atoms with van der Waals surface area (Å²) >= 11 is 5.65. The maximum absolute atomic E-state index is 5.65. The van der Waals surface area contributed by atoms with Crippen molar-refractivity contribution < 1.29 is 13.3 Å². The van der Waals surface area contributed by atoms with Crippen LogP contribution >= 0.6 is 11.1 Å². The maximum atomic E-state index is 5.65. The quantitative estimate of drug-likeness (QED) is 0.445. The number of halogens is 1. The molecule has 0 saturated carbocycles. The van der Waals surface area contributed by atoms with Crippen LogP contribution in [0, 0.1) is 0 Å². The predicted octanol–water partition coefficient (Wildman–Crippen LogP) is -0.316. The van der Waals surface area contributed by atoms with Gasteiger partial charge < -0.3 is 13.3 Å². The lowest BCUT2D eigenvalue weighted by Gasteiger charge is -2.21. The Hall–Kier alpha value is 0.604. The van der Waals surface area contributed by atoms with Crippen LogP contribution < -0.4 is 0 Å². The molecule has 0 spiro atoms. The number of hydrogen-bond acceptors (Lipinski definition) is 3. The zero-order valence-corrected chi connectivity index (χ0v) is 8.98. The van der Waals surface area contributed by atoms with E-state index in [0.29, 0.717) is 0 Å². The SMILES string of the molecule is CO[Si](OC)(OC)[SiH2]Cl. The van der Waals surface area contributed by atoms with Crippen LogP contribution in [0.25, 0.3) is 0 Å². The monoisotopic (exact) mass is 186 g/mol. The van der Waals surface area contributed by atoms with Gasteiger partial charge in [-0.1, -0.05) is 0 Å². The van der Waals surface area contributed by atoms with Gasteiger partial charge in [-0.05, 0) is 0 Å². The Morgan fingerprint density at radius 1 is 1.11 bits per heavy atom. The summed E-state index contributed by atoms with van der Waals surface area (Å²) in [6.45, 7) is 0. The highest BCUT2D eigenvalue weighted by atomic mass is 35.6. The highest BCUT2D eigenvalue weighted by Crippen LogP contribution is 2.04. The zero-order chi connectivity index (χ0) is 7.33. The van der Waals surface area contributed by atoms with E-state index in [4.69, 9.17) is 24.4 Å². The topological polar surface area (TPSA) is 27.7 Å². The largest absolute Gasteiger partial charge is 0.480 e. The van der Waals surface area contributed by atoms with E-state index in [1.807, 2.05) is 0 Å². The summed E-state index contributed by atoms with van der Waals surface area (Å²) in [6.07, 6.45) is 0. The first kappa shape index (κ1) is 9.60. The van der Waals surface area contributed by atoms with Gasteiger partial charge in [0.25, 0.3) is 0 Å². The van der Waals surface area contributed by atoms with Crippen molar-refractivity contribution in [2.24, 2.45) is 0 Å². The molecule has 56 valence electrons. The van der Waals surface area contributed by atoms with Gasteiger partial charge in [-0.3, -0.25) is 0 Å². The summed E-state index contributed by atoms with van der Waals surface area (Å²) in [5.41, 5.74) is 0. The van der Waals surface area contributed by atoms with Crippen LogP contribution in [0.5, 0.6) is 0 Å². The highest BCUT2D eigenvalue weighted by Gasteiger charge is 2.36. The molecule has 0 heterocycles. The summed E-state index contributed by atoms with van der Waals surface area (Å²) in [5, 5.41) is 0. The third-order valence-corrected chi connectivity index (χ3v) is 9.82. The number of rotatable bonds is 4.